The summed E-state index contributed by atoms with van der Waals surface area (Å²) in [5.74, 6) is 0.823. The van der Waals surface area contributed by atoms with E-state index in [9.17, 15) is 0 Å². The van der Waals surface area contributed by atoms with Gasteiger partial charge in [0.1, 0.15) is 5.60 Å². The van der Waals surface area contributed by atoms with Crippen LogP contribution in [0.3, 0.4) is 0 Å². The molecule has 122 valence electrons. The van der Waals surface area contributed by atoms with Gasteiger partial charge in [0, 0.05) is 25.9 Å². The molecule has 4 nitrogen and oxygen atoms in total. The molecular weight excluding hydrogens is 286 g/mol. The van der Waals surface area contributed by atoms with E-state index in [0.717, 1.165) is 50.5 Å². The molecule has 2 aromatic rings. The average molecular weight is 311 g/mol. The molecule has 0 spiro atoms. The Kier molecular flexibility index (Phi) is 5.03. The Bertz CT molecular complexity index is 624. The van der Waals surface area contributed by atoms with Crippen LogP contribution in [0.4, 0.5) is 0 Å². The zero-order valence-corrected chi connectivity index (χ0v) is 14.0. The smallest absolute Gasteiger partial charge is 0.160 e. The summed E-state index contributed by atoms with van der Waals surface area (Å²) in [6, 6.07) is 12.6. The van der Waals surface area contributed by atoms with Gasteiger partial charge < -0.3 is 9.64 Å². The van der Waals surface area contributed by atoms with Gasteiger partial charge in [0.2, 0.25) is 0 Å². The fourth-order valence-corrected chi connectivity index (χ4v) is 3.01. The van der Waals surface area contributed by atoms with Gasteiger partial charge in [-0.1, -0.05) is 30.3 Å². The highest BCUT2D eigenvalue weighted by atomic mass is 16.5. The van der Waals surface area contributed by atoms with E-state index >= 15 is 0 Å². The molecule has 23 heavy (non-hydrogen) atoms. The zero-order valence-electron chi connectivity index (χ0n) is 14.0. The predicted octanol–water partition coefficient (Wildman–Crippen LogP) is 3.18. The lowest BCUT2D eigenvalue weighted by atomic mass is 10.0. The van der Waals surface area contributed by atoms with Crippen LogP contribution in [0.1, 0.15) is 36.8 Å². The number of nitrogens with zero attached hydrogens (tertiary/aromatic N) is 3. The van der Waals surface area contributed by atoms with Gasteiger partial charge in [0.25, 0.3) is 0 Å². The van der Waals surface area contributed by atoms with Crippen molar-refractivity contribution in [1.29, 1.82) is 0 Å². The number of hydrogen-bond acceptors (Lipinski definition) is 4. The maximum absolute atomic E-state index is 5.85. The molecule has 1 aliphatic heterocycles. The van der Waals surface area contributed by atoms with E-state index in [4.69, 9.17) is 9.72 Å². The minimum atomic E-state index is -0.307. The van der Waals surface area contributed by atoms with Gasteiger partial charge in [-0.15, -0.1) is 0 Å². The Morgan fingerprint density at radius 3 is 2.78 bits per heavy atom. The minimum absolute atomic E-state index is 0.307. The Balaban J connectivity index is 1.59. The number of likely N-dealkylation sites (N-methyl/N-ethyl adjacent to an activating group) is 1. The van der Waals surface area contributed by atoms with Crippen LogP contribution in [0.5, 0.6) is 0 Å². The maximum atomic E-state index is 5.85. The molecule has 1 fully saturated rings. The molecule has 1 aliphatic rings. The lowest BCUT2D eigenvalue weighted by Crippen LogP contribution is -2.26. The van der Waals surface area contributed by atoms with Crippen LogP contribution in [0.2, 0.25) is 0 Å². The standard InChI is InChI=1S/C19H25N3O/c1-19(11-6-14-23-19)18-20-12-9-17(21-18)15-22(2)13-10-16-7-4-3-5-8-16/h3-5,7-9,12H,6,10-11,13-15H2,1-2H3/t19-/m0/s1. The molecule has 1 saturated heterocycles. The molecule has 1 aromatic carbocycles. The van der Waals surface area contributed by atoms with Gasteiger partial charge in [-0.3, -0.25) is 0 Å². The van der Waals surface area contributed by atoms with E-state index in [2.05, 4.69) is 54.2 Å². The third-order valence-electron chi connectivity index (χ3n) is 4.46. The molecular formula is C19H25N3O. The molecule has 1 aromatic heterocycles. The highest BCUT2D eigenvalue weighted by molar-refractivity contribution is 5.15. The van der Waals surface area contributed by atoms with E-state index in [1.54, 1.807) is 0 Å². The third-order valence-corrected chi connectivity index (χ3v) is 4.46. The van der Waals surface area contributed by atoms with Crippen molar-refractivity contribution in [2.75, 3.05) is 20.2 Å². The van der Waals surface area contributed by atoms with Crippen LogP contribution in [-0.2, 0) is 23.3 Å². The maximum Gasteiger partial charge on any atom is 0.160 e. The Labute approximate surface area is 138 Å². The summed E-state index contributed by atoms with van der Waals surface area (Å²) in [7, 11) is 2.14. The van der Waals surface area contributed by atoms with E-state index < -0.39 is 0 Å². The molecule has 0 N–H and O–H groups in total. The molecule has 4 heteroatoms. The van der Waals surface area contributed by atoms with Crippen molar-refractivity contribution in [3.63, 3.8) is 0 Å². The second-order valence-electron chi connectivity index (χ2n) is 6.53. The van der Waals surface area contributed by atoms with Crippen molar-refractivity contribution < 1.29 is 4.74 Å². The van der Waals surface area contributed by atoms with Crippen molar-refractivity contribution >= 4 is 0 Å². The summed E-state index contributed by atoms with van der Waals surface area (Å²) < 4.78 is 5.85. The highest BCUT2D eigenvalue weighted by Crippen LogP contribution is 2.33. The molecule has 0 bridgehead atoms. The number of rotatable bonds is 6. The SMILES string of the molecule is CN(CCc1ccccc1)Cc1ccnc([C@]2(C)CCCO2)n1. The molecule has 3 rings (SSSR count). The lowest BCUT2D eigenvalue weighted by Gasteiger charge is -2.22. The molecule has 0 aliphatic carbocycles. The topological polar surface area (TPSA) is 38.2 Å². The van der Waals surface area contributed by atoms with Crippen molar-refractivity contribution in [1.82, 2.24) is 14.9 Å². The van der Waals surface area contributed by atoms with Crippen LogP contribution >= 0.6 is 0 Å². The Morgan fingerprint density at radius 1 is 1.22 bits per heavy atom. The summed E-state index contributed by atoms with van der Waals surface area (Å²) >= 11 is 0. The monoisotopic (exact) mass is 311 g/mol. The van der Waals surface area contributed by atoms with Gasteiger partial charge in [0.15, 0.2) is 5.82 Å². The third kappa shape index (κ3) is 4.15. The predicted molar refractivity (Wildman–Crippen MR) is 91.1 cm³/mol. The van der Waals surface area contributed by atoms with Crippen LogP contribution in [0.15, 0.2) is 42.6 Å². The number of benzene rings is 1. The minimum Gasteiger partial charge on any atom is -0.367 e. The van der Waals surface area contributed by atoms with Gasteiger partial charge >= 0.3 is 0 Å². The number of aromatic nitrogens is 2. The molecule has 0 saturated carbocycles. The van der Waals surface area contributed by atoms with Crippen LogP contribution in [0.25, 0.3) is 0 Å². The van der Waals surface area contributed by atoms with Crippen LogP contribution in [-0.4, -0.2) is 35.1 Å². The summed E-state index contributed by atoms with van der Waals surface area (Å²) in [4.78, 5) is 11.5. The largest absolute Gasteiger partial charge is 0.367 e. The second kappa shape index (κ2) is 7.20. The molecule has 1 atom stereocenters. The first-order chi connectivity index (χ1) is 11.2. The van der Waals surface area contributed by atoms with E-state index in [1.165, 1.54) is 5.56 Å². The van der Waals surface area contributed by atoms with Crippen molar-refractivity contribution in [2.45, 2.75) is 38.3 Å². The van der Waals surface area contributed by atoms with Crippen molar-refractivity contribution in [3.05, 3.63) is 59.7 Å². The highest BCUT2D eigenvalue weighted by Gasteiger charge is 2.34. The van der Waals surface area contributed by atoms with Gasteiger partial charge in [0.05, 0.1) is 5.69 Å². The first-order valence-electron chi connectivity index (χ1n) is 8.34. The Morgan fingerprint density at radius 2 is 2.04 bits per heavy atom. The number of hydrogen-bond donors (Lipinski definition) is 0. The van der Waals surface area contributed by atoms with Crippen LogP contribution < -0.4 is 0 Å². The van der Waals surface area contributed by atoms with Gasteiger partial charge in [-0.2, -0.15) is 0 Å². The average Bonchev–Trinajstić information content (AvgIpc) is 3.02. The van der Waals surface area contributed by atoms with Crippen molar-refractivity contribution in [2.24, 2.45) is 0 Å². The quantitative estimate of drug-likeness (QED) is 0.821. The van der Waals surface area contributed by atoms with Gasteiger partial charge in [-0.05, 0) is 44.9 Å². The van der Waals surface area contributed by atoms with E-state index in [-0.39, 0.29) is 5.60 Å². The Hall–Kier alpha value is -1.78. The number of ether oxygens (including phenoxy) is 1. The zero-order chi connectivity index (χ0) is 16.1. The lowest BCUT2D eigenvalue weighted by molar-refractivity contribution is 0.00904. The fraction of sp³-hybridized carbons (Fsp3) is 0.474. The summed E-state index contributed by atoms with van der Waals surface area (Å²) in [6.45, 7) is 4.74. The summed E-state index contributed by atoms with van der Waals surface area (Å²) in [5.41, 5.74) is 2.12. The molecule has 0 amide bonds. The molecule has 0 radical (unpaired) electrons. The molecule has 0 unspecified atom stereocenters. The first kappa shape index (κ1) is 16.1. The summed E-state index contributed by atoms with van der Waals surface area (Å²) in [6.07, 6.45) is 4.99. The van der Waals surface area contributed by atoms with E-state index in [1.807, 2.05) is 12.3 Å². The second-order valence-corrected chi connectivity index (χ2v) is 6.53. The fourth-order valence-electron chi connectivity index (χ4n) is 3.01. The van der Waals surface area contributed by atoms with Gasteiger partial charge in [-0.25, -0.2) is 9.97 Å². The van der Waals surface area contributed by atoms with E-state index in [0.29, 0.717) is 0 Å². The van der Waals surface area contributed by atoms with Crippen molar-refractivity contribution in [3.8, 4) is 0 Å². The first-order valence-corrected chi connectivity index (χ1v) is 8.34. The summed E-state index contributed by atoms with van der Waals surface area (Å²) in [5, 5.41) is 0. The molecule has 2 heterocycles. The van der Waals surface area contributed by atoms with Crippen LogP contribution in [0, 0.1) is 0 Å². The normalized spacial score (nSPS) is 21.0.